The minimum atomic E-state index is -0.852. The van der Waals surface area contributed by atoms with E-state index in [9.17, 15) is 14.0 Å². The molecule has 0 unspecified atom stereocenters. The van der Waals surface area contributed by atoms with Gasteiger partial charge in [-0.3, -0.25) is 4.79 Å². The normalized spacial score (nSPS) is 9.07. The van der Waals surface area contributed by atoms with Gasteiger partial charge < -0.3 is 10.5 Å². The second-order valence-corrected chi connectivity index (χ2v) is 3.51. The first kappa shape index (κ1) is 13.9. The average molecular weight is 252 g/mol. The highest BCUT2D eigenvalue weighted by molar-refractivity contribution is 6.51. The molecule has 0 aliphatic rings. The monoisotopic (exact) mass is 251 g/mol. The van der Waals surface area contributed by atoms with Gasteiger partial charge >= 0.3 is 0 Å². The second-order valence-electron chi connectivity index (χ2n) is 2.34. The van der Waals surface area contributed by atoms with Gasteiger partial charge in [-0.25, -0.2) is 4.39 Å². The maximum Gasteiger partial charge on any atom is 0.248 e. The van der Waals surface area contributed by atoms with Crippen LogP contribution in [0.5, 0.6) is 0 Å². The molecule has 1 aromatic rings. The number of primary amides is 1. The summed E-state index contributed by atoms with van der Waals surface area (Å²) < 4.78 is 12.2. The number of nitrogens with two attached hydrogens (primary N) is 1. The molecule has 1 amide bonds. The van der Waals surface area contributed by atoms with Crippen LogP contribution in [0.3, 0.4) is 0 Å². The SMILES string of the molecule is NC(=O)c1ccc(F)cc1.O=CC(Cl)Cl. The van der Waals surface area contributed by atoms with Crippen LogP contribution in [0.2, 0.25) is 0 Å². The molecule has 0 spiro atoms. The Bertz CT molecular complexity index is 327. The van der Waals surface area contributed by atoms with Crippen LogP contribution in [0.15, 0.2) is 24.3 Å². The number of benzene rings is 1. The zero-order valence-electron chi connectivity index (χ0n) is 7.49. The number of rotatable bonds is 2. The highest BCUT2D eigenvalue weighted by Crippen LogP contribution is 2.00. The number of hydrogen-bond acceptors (Lipinski definition) is 2. The summed E-state index contributed by atoms with van der Waals surface area (Å²) in [4.78, 5) is 18.8. The van der Waals surface area contributed by atoms with Gasteiger partial charge in [-0.1, -0.05) is 23.2 Å². The van der Waals surface area contributed by atoms with Crippen molar-refractivity contribution in [3.63, 3.8) is 0 Å². The summed E-state index contributed by atoms with van der Waals surface area (Å²) in [6.07, 6.45) is 0.448. The van der Waals surface area contributed by atoms with Crippen LogP contribution in [0.4, 0.5) is 4.39 Å². The van der Waals surface area contributed by atoms with Crippen LogP contribution in [0.1, 0.15) is 10.4 Å². The lowest BCUT2D eigenvalue weighted by molar-refractivity contribution is -0.106. The quantitative estimate of drug-likeness (QED) is 0.645. The fourth-order valence-corrected chi connectivity index (χ4v) is 0.614. The Labute approximate surface area is 96.0 Å². The van der Waals surface area contributed by atoms with Gasteiger partial charge in [-0.05, 0) is 24.3 Å². The molecular weight excluding hydrogens is 244 g/mol. The van der Waals surface area contributed by atoms with Crippen LogP contribution in [-0.2, 0) is 4.79 Å². The maximum atomic E-state index is 12.2. The van der Waals surface area contributed by atoms with Gasteiger partial charge in [0, 0.05) is 5.56 Å². The number of halogens is 3. The van der Waals surface area contributed by atoms with Crippen LogP contribution in [0.25, 0.3) is 0 Å². The van der Waals surface area contributed by atoms with E-state index < -0.39 is 10.7 Å². The van der Waals surface area contributed by atoms with Crippen molar-refractivity contribution < 1.29 is 14.0 Å². The molecule has 1 rings (SSSR count). The smallest absolute Gasteiger partial charge is 0.248 e. The van der Waals surface area contributed by atoms with Gasteiger partial charge in [-0.2, -0.15) is 0 Å². The summed E-state index contributed by atoms with van der Waals surface area (Å²) >= 11 is 9.72. The molecule has 15 heavy (non-hydrogen) atoms. The van der Waals surface area contributed by atoms with E-state index in [0.29, 0.717) is 11.8 Å². The Morgan fingerprint density at radius 3 is 2.00 bits per heavy atom. The fourth-order valence-electron chi connectivity index (χ4n) is 0.614. The lowest BCUT2D eigenvalue weighted by Crippen LogP contribution is -2.10. The number of hydrogen-bond donors (Lipinski definition) is 1. The van der Waals surface area contributed by atoms with E-state index in [2.05, 4.69) is 0 Å². The molecule has 0 saturated heterocycles. The van der Waals surface area contributed by atoms with Crippen molar-refractivity contribution in [2.75, 3.05) is 0 Å². The molecule has 0 saturated carbocycles. The third-order valence-corrected chi connectivity index (χ3v) is 1.44. The zero-order chi connectivity index (χ0) is 11.8. The van der Waals surface area contributed by atoms with Gasteiger partial charge in [0.05, 0.1) is 0 Å². The van der Waals surface area contributed by atoms with E-state index in [1.807, 2.05) is 0 Å². The molecule has 82 valence electrons. The highest BCUT2D eigenvalue weighted by atomic mass is 35.5. The third-order valence-electron chi connectivity index (χ3n) is 1.23. The van der Waals surface area contributed by atoms with Crippen molar-refractivity contribution in [2.45, 2.75) is 4.84 Å². The Morgan fingerprint density at radius 2 is 1.73 bits per heavy atom. The fraction of sp³-hybridized carbons (Fsp3) is 0.111. The number of carbonyl (C=O) groups excluding carboxylic acids is 2. The molecule has 0 heterocycles. The first-order chi connectivity index (χ1) is 6.97. The first-order valence-electron chi connectivity index (χ1n) is 3.76. The van der Waals surface area contributed by atoms with Gasteiger partial charge in [0.25, 0.3) is 0 Å². The summed E-state index contributed by atoms with van der Waals surface area (Å²) in [7, 11) is 0. The highest BCUT2D eigenvalue weighted by Gasteiger charge is 1.97. The summed E-state index contributed by atoms with van der Waals surface area (Å²) in [5, 5.41) is 0. The Kier molecular flexibility index (Phi) is 6.66. The molecule has 0 radical (unpaired) electrons. The molecule has 3 nitrogen and oxygen atoms in total. The van der Waals surface area contributed by atoms with Crippen molar-refractivity contribution in [1.29, 1.82) is 0 Å². The molecule has 0 aliphatic heterocycles. The molecule has 6 heteroatoms. The summed E-state index contributed by atoms with van der Waals surface area (Å²) in [5.74, 6) is -0.912. The molecule has 1 aromatic carbocycles. The minimum Gasteiger partial charge on any atom is -0.366 e. The van der Waals surface area contributed by atoms with E-state index in [1.165, 1.54) is 24.3 Å². The molecule has 0 bridgehead atoms. The number of carbonyl (C=O) groups is 2. The summed E-state index contributed by atoms with van der Waals surface area (Å²) in [6, 6.07) is 5.08. The predicted molar refractivity (Wildman–Crippen MR) is 56.5 cm³/mol. The minimum absolute atomic E-state index is 0.321. The second kappa shape index (κ2) is 7.20. The average Bonchev–Trinajstić information content (AvgIpc) is 2.19. The lowest BCUT2D eigenvalue weighted by atomic mass is 10.2. The van der Waals surface area contributed by atoms with Gasteiger partial charge in [-0.15, -0.1) is 0 Å². The molecule has 0 aliphatic carbocycles. The van der Waals surface area contributed by atoms with Gasteiger partial charge in [0.15, 0.2) is 11.1 Å². The number of alkyl halides is 2. The van der Waals surface area contributed by atoms with E-state index >= 15 is 0 Å². The van der Waals surface area contributed by atoms with Crippen molar-refractivity contribution in [3.05, 3.63) is 35.6 Å². The van der Waals surface area contributed by atoms with Crippen molar-refractivity contribution in [2.24, 2.45) is 5.73 Å². The molecule has 0 aromatic heterocycles. The summed E-state index contributed by atoms with van der Waals surface area (Å²) in [6.45, 7) is 0. The number of amides is 1. The largest absolute Gasteiger partial charge is 0.366 e. The molecule has 0 atom stereocenters. The van der Waals surface area contributed by atoms with Gasteiger partial charge in [0.1, 0.15) is 5.82 Å². The Balaban J connectivity index is 0.000000336. The van der Waals surface area contributed by atoms with Gasteiger partial charge in [0.2, 0.25) is 5.91 Å². The van der Waals surface area contributed by atoms with Crippen molar-refractivity contribution >= 4 is 35.4 Å². The topological polar surface area (TPSA) is 60.2 Å². The van der Waals surface area contributed by atoms with Crippen LogP contribution in [-0.4, -0.2) is 17.0 Å². The third kappa shape index (κ3) is 6.88. The predicted octanol–water partition coefficient (Wildman–Crippen LogP) is 1.91. The lowest BCUT2D eigenvalue weighted by Gasteiger charge is -1.91. The zero-order valence-corrected chi connectivity index (χ0v) is 9.00. The van der Waals surface area contributed by atoms with Crippen LogP contribution in [0, 0.1) is 5.82 Å². The van der Waals surface area contributed by atoms with E-state index in [1.54, 1.807) is 0 Å². The standard InChI is InChI=1S/C7H6FNO.C2H2Cl2O/c8-6-3-1-5(2-4-6)7(9)10;3-2(4)1-5/h1-4H,(H2,9,10);1-2H. The molecule has 2 N–H and O–H groups in total. The van der Waals surface area contributed by atoms with Crippen molar-refractivity contribution in [1.82, 2.24) is 0 Å². The number of aldehydes is 1. The van der Waals surface area contributed by atoms with Crippen LogP contribution < -0.4 is 5.73 Å². The molecule has 0 fully saturated rings. The maximum absolute atomic E-state index is 12.2. The van der Waals surface area contributed by atoms with E-state index in [0.717, 1.165) is 0 Å². The van der Waals surface area contributed by atoms with Crippen LogP contribution >= 0.6 is 23.2 Å². The van der Waals surface area contributed by atoms with E-state index in [-0.39, 0.29) is 5.82 Å². The first-order valence-corrected chi connectivity index (χ1v) is 4.63. The Morgan fingerprint density at radius 1 is 1.33 bits per heavy atom. The van der Waals surface area contributed by atoms with E-state index in [4.69, 9.17) is 28.9 Å². The van der Waals surface area contributed by atoms with Crippen molar-refractivity contribution in [3.8, 4) is 0 Å². The Hall–Kier alpha value is -1.13. The summed E-state index contributed by atoms with van der Waals surface area (Å²) in [5.41, 5.74) is 5.22. The molecular formula is C9H8Cl2FNO2.